The van der Waals surface area contributed by atoms with Crippen LogP contribution in [-0.4, -0.2) is 20.7 Å². The molecule has 1 aromatic heterocycles. The van der Waals surface area contributed by atoms with E-state index in [1.807, 2.05) is 0 Å². The molecule has 0 spiro atoms. The summed E-state index contributed by atoms with van der Waals surface area (Å²) >= 11 is 0. The summed E-state index contributed by atoms with van der Waals surface area (Å²) in [4.78, 5) is 11.6. The van der Waals surface area contributed by atoms with Crippen LogP contribution in [0.25, 0.3) is 27.7 Å². The quantitative estimate of drug-likeness (QED) is 0.299. The van der Waals surface area contributed by atoms with Crippen molar-refractivity contribution in [3.05, 3.63) is 82.6 Å². The van der Waals surface area contributed by atoms with Gasteiger partial charge in [0.25, 0.3) is 0 Å². The van der Waals surface area contributed by atoms with Gasteiger partial charge >= 0.3 is 5.97 Å². The van der Waals surface area contributed by atoms with Crippen LogP contribution in [0.1, 0.15) is 41.9 Å². The Morgan fingerprint density at radius 1 is 1.06 bits per heavy atom. The van der Waals surface area contributed by atoms with E-state index in [1.54, 1.807) is 13.8 Å². The van der Waals surface area contributed by atoms with Crippen molar-refractivity contribution in [3.8, 4) is 28.6 Å². The number of rotatable bonds is 5. The Labute approximate surface area is 203 Å². The number of benzene rings is 3. The molecule has 0 bridgehead atoms. The minimum absolute atomic E-state index is 0.0294. The van der Waals surface area contributed by atoms with Gasteiger partial charge < -0.3 is 14.8 Å². The summed E-state index contributed by atoms with van der Waals surface area (Å²) in [7, 11) is 0. The molecule has 36 heavy (non-hydrogen) atoms. The van der Waals surface area contributed by atoms with E-state index in [0.29, 0.717) is 5.69 Å². The van der Waals surface area contributed by atoms with Crippen LogP contribution in [-0.2, 0) is 5.41 Å². The van der Waals surface area contributed by atoms with Crippen molar-refractivity contribution >= 4 is 16.9 Å². The molecule has 0 saturated carbocycles. The predicted octanol–water partition coefficient (Wildman–Crippen LogP) is 6.76. The monoisotopic (exact) mass is 496 g/mol. The molecule has 0 aliphatic heterocycles. The molecule has 184 valence electrons. The molecule has 0 atom stereocenters. The van der Waals surface area contributed by atoms with E-state index >= 15 is 0 Å². The van der Waals surface area contributed by atoms with Crippen molar-refractivity contribution < 1.29 is 32.6 Å². The van der Waals surface area contributed by atoms with Gasteiger partial charge in [-0.15, -0.1) is 0 Å². The van der Waals surface area contributed by atoms with Gasteiger partial charge in [0.2, 0.25) is 0 Å². The summed E-state index contributed by atoms with van der Waals surface area (Å²) in [6, 6.07) is 9.84. The molecule has 1 heterocycles. The fourth-order valence-corrected chi connectivity index (χ4v) is 4.49. The van der Waals surface area contributed by atoms with E-state index in [9.17, 15) is 37.8 Å². The average molecular weight is 496 g/mol. The van der Waals surface area contributed by atoms with Gasteiger partial charge in [-0.2, -0.15) is 5.26 Å². The number of aromatic hydroxyl groups is 1. The van der Waals surface area contributed by atoms with Crippen molar-refractivity contribution in [2.75, 3.05) is 0 Å². The average Bonchev–Trinajstić information content (AvgIpc) is 3.13. The summed E-state index contributed by atoms with van der Waals surface area (Å²) < 4.78 is 59.0. The molecule has 0 saturated heterocycles. The molecular weight excluding hydrogens is 476 g/mol. The molecule has 0 unspecified atom stereocenters. The molecule has 5 nitrogen and oxygen atoms in total. The second kappa shape index (κ2) is 8.72. The van der Waals surface area contributed by atoms with E-state index in [4.69, 9.17) is 0 Å². The second-order valence-corrected chi connectivity index (χ2v) is 9.16. The SMILES string of the molecule is Cc1cc(-n2c(C(C)(C)CC#N)c(-c3cc(F)c(F)c(C(=O)O)c3)c3c(O)cc(F)cc32)ccc1F. The first-order chi connectivity index (χ1) is 16.9. The highest BCUT2D eigenvalue weighted by molar-refractivity contribution is 6.04. The Morgan fingerprint density at radius 2 is 1.75 bits per heavy atom. The molecule has 4 aromatic rings. The third kappa shape index (κ3) is 3.94. The highest BCUT2D eigenvalue weighted by Crippen LogP contribution is 2.47. The van der Waals surface area contributed by atoms with Crippen LogP contribution >= 0.6 is 0 Å². The number of nitrogens with zero attached hydrogens (tertiary/aromatic N) is 2. The summed E-state index contributed by atoms with van der Waals surface area (Å²) in [6.45, 7) is 4.90. The zero-order valence-electron chi connectivity index (χ0n) is 19.5. The molecule has 0 aliphatic rings. The fraction of sp³-hybridized carbons (Fsp3) is 0.185. The van der Waals surface area contributed by atoms with Gasteiger partial charge in [0.15, 0.2) is 11.6 Å². The maximum Gasteiger partial charge on any atom is 0.338 e. The third-order valence-electron chi connectivity index (χ3n) is 6.12. The van der Waals surface area contributed by atoms with Gasteiger partial charge in [0.05, 0.1) is 22.5 Å². The lowest BCUT2D eigenvalue weighted by Gasteiger charge is -2.27. The lowest BCUT2D eigenvalue weighted by molar-refractivity contribution is 0.0690. The highest BCUT2D eigenvalue weighted by atomic mass is 19.2. The van der Waals surface area contributed by atoms with Crippen LogP contribution in [0.15, 0.2) is 42.5 Å². The van der Waals surface area contributed by atoms with Crippen LogP contribution in [0.5, 0.6) is 5.75 Å². The van der Waals surface area contributed by atoms with E-state index in [1.165, 1.54) is 29.7 Å². The number of carbonyl (C=O) groups is 1. The molecule has 4 rings (SSSR count). The Bertz CT molecular complexity index is 1600. The van der Waals surface area contributed by atoms with Gasteiger partial charge in [0, 0.05) is 34.8 Å². The molecular formula is C27H20F4N2O3. The summed E-state index contributed by atoms with van der Waals surface area (Å²) in [5.74, 6) is -6.53. The number of halogens is 4. The number of aryl methyl sites for hydroxylation is 1. The molecule has 2 N–H and O–H groups in total. The van der Waals surface area contributed by atoms with E-state index in [-0.39, 0.29) is 39.7 Å². The van der Waals surface area contributed by atoms with Crippen molar-refractivity contribution in [1.82, 2.24) is 4.57 Å². The predicted molar refractivity (Wildman–Crippen MR) is 125 cm³/mol. The summed E-state index contributed by atoms with van der Waals surface area (Å²) in [6.07, 6.45) is -0.0881. The number of fused-ring (bicyclic) bond motifs is 1. The number of phenolic OH excluding ortho intramolecular Hbond substituents is 1. The van der Waals surface area contributed by atoms with E-state index in [0.717, 1.165) is 24.3 Å². The van der Waals surface area contributed by atoms with Gasteiger partial charge in [-0.1, -0.05) is 13.8 Å². The molecule has 0 fully saturated rings. The maximum absolute atomic E-state index is 14.6. The smallest absolute Gasteiger partial charge is 0.338 e. The van der Waals surface area contributed by atoms with Crippen LogP contribution in [0.3, 0.4) is 0 Å². The summed E-state index contributed by atoms with van der Waals surface area (Å²) in [5.41, 5.74) is -0.969. The number of hydrogen-bond acceptors (Lipinski definition) is 3. The lowest BCUT2D eigenvalue weighted by Crippen LogP contribution is -2.22. The number of phenols is 1. The van der Waals surface area contributed by atoms with Gasteiger partial charge in [-0.05, 0) is 54.4 Å². The first-order valence-electron chi connectivity index (χ1n) is 10.8. The van der Waals surface area contributed by atoms with Gasteiger partial charge in [-0.25, -0.2) is 22.4 Å². The molecule has 0 amide bonds. The lowest BCUT2D eigenvalue weighted by atomic mass is 9.81. The van der Waals surface area contributed by atoms with Gasteiger partial charge in [-0.3, -0.25) is 0 Å². The number of aromatic carboxylic acids is 1. The number of carboxylic acids is 1. The number of nitriles is 1. The van der Waals surface area contributed by atoms with Crippen molar-refractivity contribution in [1.29, 1.82) is 5.26 Å². The Hall–Kier alpha value is -4.32. The van der Waals surface area contributed by atoms with Crippen LogP contribution in [0, 0.1) is 41.5 Å². The van der Waals surface area contributed by atoms with Crippen molar-refractivity contribution in [2.24, 2.45) is 0 Å². The minimum atomic E-state index is -1.71. The highest BCUT2D eigenvalue weighted by Gasteiger charge is 2.34. The zero-order valence-corrected chi connectivity index (χ0v) is 19.5. The van der Waals surface area contributed by atoms with E-state index < -0.39 is 46.0 Å². The Balaban J connectivity index is 2.29. The maximum atomic E-state index is 14.6. The number of aromatic nitrogens is 1. The molecule has 9 heteroatoms. The Kier molecular flexibility index (Phi) is 6.00. The van der Waals surface area contributed by atoms with Crippen LogP contribution < -0.4 is 0 Å². The third-order valence-corrected chi connectivity index (χ3v) is 6.12. The zero-order chi connectivity index (χ0) is 26.5. The van der Waals surface area contributed by atoms with Crippen molar-refractivity contribution in [2.45, 2.75) is 32.6 Å². The normalized spacial score (nSPS) is 11.6. The van der Waals surface area contributed by atoms with E-state index in [2.05, 4.69) is 6.07 Å². The second-order valence-electron chi connectivity index (χ2n) is 9.16. The van der Waals surface area contributed by atoms with Gasteiger partial charge in [0.1, 0.15) is 17.4 Å². The number of carboxylic acid groups (broad SMARTS) is 1. The standard InChI is InChI=1S/C27H20F4N2O3/c1-13-8-16(4-5-18(13)29)33-20-11-15(28)12-21(34)23(20)22(25(33)27(2,3)6-7-32)14-9-17(26(35)36)24(31)19(30)10-14/h4-5,8-12,34H,6H2,1-3H3,(H,35,36). The number of hydrogen-bond donors (Lipinski definition) is 2. The molecule has 0 aliphatic carbocycles. The first kappa shape index (κ1) is 24.8. The summed E-state index contributed by atoms with van der Waals surface area (Å²) in [5, 5.41) is 29.8. The Morgan fingerprint density at radius 3 is 2.36 bits per heavy atom. The van der Waals surface area contributed by atoms with Crippen LogP contribution in [0.4, 0.5) is 17.6 Å². The first-order valence-corrected chi connectivity index (χ1v) is 10.8. The fourth-order valence-electron chi connectivity index (χ4n) is 4.49. The van der Waals surface area contributed by atoms with Crippen LogP contribution in [0.2, 0.25) is 0 Å². The topological polar surface area (TPSA) is 86.2 Å². The molecule has 0 radical (unpaired) electrons. The van der Waals surface area contributed by atoms with Crippen molar-refractivity contribution in [3.63, 3.8) is 0 Å². The minimum Gasteiger partial charge on any atom is -0.507 e. The largest absolute Gasteiger partial charge is 0.507 e. The molecule has 3 aromatic carbocycles.